The second-order valence-electron chi connectivity index (χ2n) is 13.5. The molecule has 3 nitrogen and oxygen atoms in total. The second kappa shape index (κ2) is 19.0. The maximum atomic E-state index is 15.4. The van der Waals surface area contributed by atoms with Crippen LogP contribution in [0.25, 0.3) is 0 Å². The molecular weight excluding hydrogens is 1040 g/mol. The van der Waals surface area contributed by atoms with E-state index in [4.69, 9.17) is 4.74 Å². The summed E-state index contributed by atoms with van der Waals surface area (Å²) in [5.41, 5.74) is -13.2. The highest BCUT2D eigenvalue weighted by Gasteiger charge is 2.52. The fraction of sp³-hybridized carbons (Fsp3) is 0.0244. The van der Waals surface area contributed by atoms with E-state index >= 15 is 35.1 Å². The van der Waals surface area contributed by atoms with Crippen molar-refractivity contribution in [2.45, 2.75) is 6.54 Å². The Morgan fingerprint density at radius 3 is 1.06 bits per heavy atom. The molecule has 0 aliphatic rings. The quantitative estimate of drug-likeness (QED) is 0.0289. The van der Waals surface area contributed by atoms with Gasteiger partial charge in [-0.25, -0.2) is 92.6 Å². The van der Waals surface area contributed by atoms with Crippen molar-refractivity contribution in [3.05, 3.63) is 198 Å². The Kier molecular flexibility index (Phi) is 14.2. The Morgan fingerprint density at radius 2 is 0.746 bits per heavy atom. The van der Waals surface area contributed by atoms with Gasteiger partial charge in [0, 0.05) is 10.0 Å². The first kappa shape index (κ1) is 50.0. The predicted octanol–water partition coefficient (Wildman–Crippen LogP) is 9.91. The summed E-state index contributed by atoms with van der Waals surface area (Å²) < 4.78 is 302. The van der Waals surface area contributed by atoms with Crippen LogP contribution in [-0.2, 0) is 6.54 Å². The number of thiazole rings is 1. The van der Waals surface area contributed by atoms with Crippen LogP contribution in [0.15, 0.2) is 70.6 Å². The monoisotopic (exact) mass is 1050 g/mol. The first-order valence-corrected chi connectivity index (χ1v) is 19.3. The van der Waals surface area contributed by atoms with Crippen molar-refractivity contribution in [2.24, 2.45) is 0 Å². The summed E-state index contributed by atoms with van der Waals surface area (Å²) in [6, 6.07) is 17.2. The Balaban J connectivity index is 0.000000279. The van der Waals surface area contributed by atoms with Gasteiger partial charge in [-0.2, -0.15) is 4.57 Å². The minimum atomic E-state index is -7.22. The van der Waals surface area contributed by atoms with Gasteiger partial charge in [-0.15, -0.1) is 21.9 Å². The lowest BCUT2D eigenvalue weighted by atomic mass is 9.12. The first-order valence-electron chi connectivity index (χ1n) is 17.6. The first-order chi connectivity index (χ1) is 31.4. The lowest BCUT2D eigenvalue weighted by Gasteiger charge is -2.44. The van der Waals surface area contributed by atoms with Gasteiger partial charge < -0.3 is 4.74 Å². The number of aromatic nitrogens is 1. The topological polar surface area (TPSA) is 30.2 Å². The van der Waals surface area contributed by atoms with Gasteiger partial charge in [0.25, 0.3) is 0 Å². The molecule has 1 aromatic heterocycles. The summed E-state index contributed by atoms with van der Waals surface area (Å²) in [4.78, 5) is 12.3. The number of carbonyl (C=O) groups excluding carboxylic acids is 1. The van der Waals surface area contributed by atoms with Crippen molar-refractivity contribution in [3.8, 4) is 5.75 Å². The summed E-state index contributed by atoms with van der Waals surface area (Å²) in [6.45, 7) is 0.648. The minimum Gasteiger partial charge on any atom is -0.418 e. The minimum absolute atomic E-state index is 0.340. The molecule has 0 aliphatic carbocycles. The Morgan fingerprint density at radius 1 is 0.448 bits per heavy atom. The third-order valence-electron chi connectivity index (χ3n) is 9.78. The molecule has 0 N–H and O–H groups in total. The highest BCUT2D eigenvalue weighted by atomic mass is 79.9. The van der Waals surface area contributed by atoms with Crippen LogP contribution in [0.3, 0.4) is 0 Å². The maximum Gasteiger partial charge on any atom is 0.420 e. The third-order valence-corrected chi connectivity index (χ3v) is 11.2. The second-order valence-corrected chi connectivity index (χ2v) is 15.3. The van der Waals surface area contributed by atoms with Gasteiger partial charge in [-0.05, 0) is 24.3 Å². The number of ether oxygens (including phenoxy) is 1. The summed E-state index contributed by atoms with van der Waals surface area (Å²) in [5, 5.41) is 2.47. The molecule has 0 amide bonds. The number of benzene rings is 6. The molecular formula is C41H13BBrF20NO2S. The average Bonchev–Trinajstić information content (AvgIpc) is 3.78. The van der Waals surface area contributed by atoms with Crippen molar-refractivity contribution in [1.82, 2.24) is 0 Å². The number of hydrogen-bond acceptors (Lipinski definition) is 3. The summed E-state index contributed by atoms with van der Waals surface area (Å²) >= 11 is 4.73. The van der Waals surface area contributed by atoms with Gasteiger partial charge in [0.1, 0.15) is 58.4 Å². The van der Waals surface area contributed by atoms with E-state index in [1.165, 1.54) is 11.3 Å². The van der Waals surface area contributed by atoms with Crippen LogP contribution in [0.2, 0.25) is 0 Å². The number of halogens is 21. The molecule has 0 aliphatic heterocycles. The number of hydrogen-bond donors (Lipinski definition) is 0. The average molecular weight is 1050 g/mol. The molecule has 6 aromatic carbocycles. The van der Waals surface area contributed by atoms with E-state index in [1.54, 1.807) is 12.1 Å². The lowest BCUT2D eigenvalue weighted by molar-refractivity contribution is -0.685. The van der Waals surface area contributed by atoms with E-state index < -0.39 is 144 Å². The zero-order valence-electron chi connectivity index (χ0n) is 31.7. The number of carbonyl (C=O) groups is 1. The highest BCUT2D eigenvalue weighted by molar-refractivity contribution is 9.10. The van der Waals surface area contributed by atoms with E-state index in [2.05, 4.69) is 15.9 Å². The van der Waals surface area contributed by atoms with Crippen LogP contribution in [-0.4, -0.2) is 12.1 Å². The van der Waals surface area contributed by atoms with Gasteiger partial charge in [-0.1, -0.05) is 57.6 Å². The van der Waals surface area contributed by atoms with Crippen LogP contribution in [0.4, 0.5) is 87.8 Å². The third kappa shape index (κ3) is 8.37. The van der Waals surface area contributed by atoms with Crippen molar-refractivity contribution in [3.63, 3.8) is 0 Å². The summed E-state index contributed by atoms with van der Waals surface area (Å²) in [6.07, 6.45) is -5.32. The SMILES string of the molecule is Fc1c(F)c(F)c([B-](c2c(F)c(F)c(F)c(F)c2F)(c2c(F)c(F)c(F)c(F)c2F)c2c(F)c(F)c(F)c(F)c2F)c(F)c1F.O=C(Oc1ccc(Br)cc1)c1scc[n+]1Cc1ccccc1. The summed E-state index contributed by atoms with van der Waals surface area (Å²) in [7, 11) is 0. The molecule has 0 bridgehead atoms. The van der Waals surface area contributed by atoms with Crippen molar-refractivity contribution < 1.29 is 102 Å². The van der Waals surface area contributed by atoms with Gasteiger partial charge in [0.15, 0.2) is 82.5 Å². The highest BCUT2D eigenvalue weighted by Crippen LogP contribution is 2.31. The predicted molar refractivity (Wildman–Crippen MR) is 198 cm³/mol. The molecule has 0 radical (unpaired) electrons. The standard InChI is InChI=1S/C24BF20.C17H13BrNO2S/c26-5-1(6(27)14(35)21(42)13(5)34)25(2-7(28)15(36)22(43)16(37)8(2)29,3-9(30)17(38)23(44)18(39)10(3)31)4-11(32)19(40)24(45)20(41)12(4)33;18-14-6-8-15(9-7-14)21-17(20)16-19(10-11-22-16)12-13-4-2-1-3-5-13/h;1-11H,12H2/q-1;+1. The molecule has 0 unspecified atom stereocenters. The van der Waals surface area contributed by atoms with Crippen molar-refractivity contribution >= 4 is 61.2 Å². The number of rotatable bonds is 8. The molecule has 26 heteroatoms. The molecule has 0 spiro atoms. The molecule has 0 saturated carbocycles. The molecule has 350 valence electrons. The number of esters is 1. The molecule has 1 heterocycles. The molecule has 7 rings (SSSR count). The van der Waals surface area contributed by atoms with Crippen molar-refractivity contribution in [1.29, 1.82) is 0 Å². The van der Waals surface area contributed by atoms with Gasteiger partial charge >= 0.3 is 11.0 Å². The van der Waals surface area contributed by atoms with Crippen molar-refractivity contribution in [2.75, 3.05) is 0 Å². The van der Waals surface area contributed by atoms with Gasteiger partial charge in [0.2, 0.25) is 0 Å². The van der Waals surface area contributed by atoms with Crippen LogP contribution in [0.1, 0.15) is 15.4 Å². The van der Waals surface area contributed by atoms with Crippen LogP contribution in [0.5, 0.6) is 5.75 Å². The maximum absolute atomic E-state index is 15.4. The smallest absolute Gasteiger partial charge is 0.418 e. The summed E-state index contributed by atoms with van der Waals surface area (Å²) in [5.74, 6) is -71.2. The van der Waals surface area contributed by atoms with E-state index in [0.29, 0.717) is 17.3 Å². The zero-order chi connectivity index (χ0) is 49.7. The van der Waals surface area contributed by atoms with Crippen LogP contribution >= 0.6 is 27.3 Å². The van der Waals surface area contributed by atoms with Gasteiger partial charge in [-0.3, -0.25) is 0 Å². The molecule has 0 fully saturated rings. The molecule has 0 saturated heterocycles. The Labute approximate surface area is 372 Å². The van der Waals surface area contributed by atoms with Gasteiger partial charge in [0.05, 0.1) is 5.38 Å². The Hall–Kier alpha value is -6.44. The van der Waals surface area contributed by atoms with E-state index in [-0.39, 0.29) is 5.97 Å². The van der Waals surface area contributed by atoms with Crippen LogP contribution < -0.4 is 31.2 Å². The van der Waals surface area contributed by atoms with Crippen LogP contribution in [0, 0.1) is 116 Å². The molecule has 7 aromatic rings. The molecule has 0 atom stereocenters. The largest absolute Gasteiger partial charge is 0.420 e. The fourth-order valence-corrected chi connectivity index (χ4v) is 7.90. The van der Waals surface area contributed by atoms with E-state index in [9.17, 15) is 57.5 Å². The molecule has 67 heavy (non-hydrogen) atoms. The van der Waals surface area contributed by atoms with E-state index in [1.807, 2.05) is 58.6 Å². The normalized spacial score (nSPS) is 11.5. The Bertz CT molecular complexity index is 2740. The fourth-order valence-electron chi connectivity index (χ4n) is 6.90. The number of nitrogens with zero attached hydrogens (tertiary/aromatic N) is 1. The lowest BCUT2D eigenvalue weighted by Crippen LogP contribution is -2.81. The van der Waals surface area contributed by atoms with E-state index in [0.717, 1.165) is 10.0 Å². The zero-order valence-corrected chi connectivity index (χ0v) is 34.1.